The highest BCUT2D eigenvalue weighted by Crippen LogP contribution is 2.33. The molecule has 0 aromatic carbocycles. The van der Waals surface area contributed by atoms with Gasteiger partial charge >= 0.3 is 0 Å². The summed E-state index contributed by atoms with van der Waals surface area (Å²) in [5.74, 6) is 0.978. The van der Waals surface area contributed by atoms with Crippen LogP contribution < -0.4 is 0 Å². The molecular weight excluding hydrogens is 288 g/mol. The van der Waals surface area contributed by atoms with E-state index in [4.69, 9.17) is 14.6 Å². The van der Waals surface area contributed by atoms with Gasteiger partial charge in [0.25, 0.3) is 0 Å². The standard InChI is InChI=1S/C16H28O6/c1-9(2)11-5-3-10(4-6-11)8-21-16-15(20)14(19)13(18)12(7-17)22-16/h10-20H,1,3-8H2,2H3/t10?,11?,12-,13-,14+,15-,16-/m1/s1. The normalized spacial score (nSPS) is 43.0. The van der Waals surface area contributed by atoms with Crippen LogP contribution in [0.2, 0.25) is 0 Å². The number of hydrogen-bond donors (Lipinski definition) is 4. The van der Waals surface area contributed by atoms with E-state index in [1.165, 1.54) is 5.57 Å². The second-order valence-corrected chi connectivity index (χ2v) is 6.59. The molecule has 2 rings (SSSR count). The van der Waals surface area contributed by atoms with E-state index in [1.54, 1.807) is 0 Å². The molecule has 128 valence electrons. The lowest BCUT2D eigenvalue weighted by Crippen LogP contribution is -2.59. The predicted molar refractivity (Wildman–Crippen MR) is 80.0 cm³/mol. The summed E-state index contributed by atoms with van der Waals surface area (Å²) in [4.78, 5) is 0. The molecule has 2 aliphatic rings. The molecule has 1 aliphatic heterocycles. The van der Waals surface area contributed by atoms with Gasteiger partial charge in [0.05, 0.1) is 13.2 Å². The lowest BCUT2D eigenvalue weighted by atomic mass is 9.79. The Balaban J connectivity index is 1.80. The average molecular weight is 316 g/mol. The molecule has 0 radical (unpaired) electrons. The molecule has 0 spiro atoms. The van der Waals surface area contributed by atoms with Crippen LogP contribution in [0, 0.1) is 11.8 Å². The maximum absolute atomic E-state index is 9.91. The summed E-state index contributed by atoms with van der Waals surface area (Å²) in [6.45, 7) is 6.07. The molecule has 0 bridgehead atoms. The van der Waals surface area contributed by atoms with Crippen LogP contribution in [0.5, 0.6) is 0 Å². The van der Waals surface area contributed by atoms with Crippen LogP contribution in [0.3, 0.4) is 0 Å². The molecule has 0 unspecified atom stereocenters. The van der Waals surface area contributed by atoms with Gasteiger partial charge in [-0.3, -0.25) is 0 Å². The van der Waals surface area contributed by atoms with E-state index in [0.29, 0.717) is 18.4 Å². The lowest BCUT2D eigenvalue weighted by molar-refractivity contribution is -0.303. The third kappa shape index (κ3) is 4.07. The fourth-order valence-corrected chi connectivity index (χ4v) is 3.26. The highest BCUT2D eigenvalue weighted by Gasteiger charge is 2.44. The first-order valence-corrected chi connectivity index (χ1v) is 8.01. The minimum absolute atomic E-state index is 0.392. The molecule has 1 saturated heterocycles. The quantitative estimate of drug-likeness (QED) is 0.540. The zero-order valence-electron chi connectivity index (χ0n) is 13.1. The fraction of sp³-hybridized carbons (Fsp3) is 0.875. The number of aliphatic hydroxyl groups is 4. The Labute approximate surface area is 131 Å². The summed E-state index contributed by atoms with van der Waals surface area (Å²) in [7, 11) is 0. The molecule has 5 atom stereocenters. The van der Waals surface area contributed by atoms with Gasteiger partial charge in [0.15, 0.2) is 6.29 Å². The molecule has 22 heavy (non-hydrogen) atoms. The minimum atomic E-state index is -1.38. The van der Waals surface area contributed by atoms with Gasteiger partial charge in [-0.1, -0.05) is 12.2 Å². The highest BCUT2D eigenvalue weighted by atomic mass is 16.7. The SMILES string of the molecule is C=C(C)C1CCC(CO[C@@H]2O[C@H](CO)[C@@H](O)[C@H](O)[C@H]2O)CC1. The smallest absolute Gasteiger partial charge is 0.186 e. The van der Waals surface area contributed by atoms with E-state index in [1.807, 2.05) is 0 Å². The second-order valence-electron chi connectivity index (χ2n) is 6.59. The summed E-state index contributed by atoms with van der Waals surface area (Å²) in [5.41, 5.74) is 1.23. The monoisotopic (exact) mass is 316 g/mol. The van der Waals surface area contributed by atoms with Crippen molar-refractivity contribution >= 4 is 0 Å². The molecule has 4 N–H and O–H groups in total. The first-order chi connectivity index (χ1) is 10.4. The predicted octanol–water partition coefficient (Wildman–Crippen LogP) is 0.185. The van der Waals surface area contributed by atoms with Crippen LogP contribution in [-0.2, 0) is 9.47 Å². The van der Waals surface area contributed by atoms with Gasteiger partial charge in [-0.15, -0.1) is 0 Å². The zero-order chi connectivity index (χ0) is 16.3. The Hall–Kier alpha value is -0.500. The topological polar surface area (TPSA) is 99.4 Å². The summed E-state index contributed by atoms with van der Waals surface area (Å²) < 4.78 is 10.9. The van der Waals surface area contributed by atoms with Crippen molar-refractivity contribution in [3.63, 3.8) is 0 Å². The van der Waals surface area contributed by atoms with E-state index in [0.717, 1.165) is 25.7 Å². The van der Waals surface area contributed by atoms with Gasteiger partial charge in [-0.2, -0.15) is 0 Å². The maximum Gasteiger partial charge on any atom is 0.186 e. The van der Waals surface area contributed by atoms with Crippen molar-refractivity contribution in [2.45, 2.75) is 63.3 Å². The molecule has 1 aliphatic carbocycles. The van der Waals surface area contributed by atoms with Crippen LogP contribution in [0.4, 0.5) is 0 Å². The van der Waals surface area contributed by atoms with Gasteiger partial charge in [-0.05, 0) is 44.4 Å². The Kier molecular flexibility index (Phi) is 6.37. The molecule has 1 heterocycles. The van der Waals surface area contributed by atoms with Crippen molar-refractivity contribution in [2.24, 2.45) is 11.8 Å². The number of rotatable bonds is 5. The Morgan fingerprint density at radius 3 is 2.27 bits per heavy atom. The van der Waals surface area contributed by atoms with E-state index >= 15 is 0 Å². The molecular formula is C16H28O6. The fourth-order valence-electron chi connectivity index (χ4n) is 3.26. The van der Waals surface area contributed by atoms with Gasteiger partial charge in [-0.25, -0.2) is 0 Å². The van der Waals surface area contributed by atoms with Crippen LogP contribution in [0.25, 0.3) is 0 Å². The summed E-state index contributed by atoms with van der Waals surface area (Å²) >= 11 is 0. The number of aliphatic hydroxyl groups excluding tert-OH is 4. The average Bonchev–Trinajstić information content (AvgIpc) is 2.52. The van der Waals surface area contributed by atoms with Crippen LogP contribution in [0.1, 0.15) is 32.6 Å². The van der Waals surface area contributed by atoms with Crippen LogP contribution >= 0.6 is 0 Å². The van der Waals surface area contributed by atoms with Crippen molar-refractivity contribution in [2.75, 3.05) is 13.2 Å². The first kappa shape index (κ1) is 17.8. The van der Waals surface area contributed by atoms with E-state index in [-0.39, 0.29) is 0 Å². The van der Waals surface area contributed by atoms with Gasteiger partial charge in [0.1, 0.15) is 24.4 Å². The van der Waals surface area contributed by atoms with Crippen LogP contribution in [0.15, 0.2) is 12.2 Å². The highest BCUT2D eigenvalue weighted by molar-refractivity contribution is 4.98. The largest absolute Gasteiger partial charge is 0.394 e. The van der Waals surface area contributed by atoms with Crippen molar-refractivity contribution in [3.05, 3.63) is 12.2 Å². The maximum atomic E-state index is 9.91. The number of allylic oxidation sites excluding steroid dienone is 1. The van der Waals surface area contributed by atoms with Crippen molar-refractivity contribution < 1.29 is 29.9 Å². The summed E-state index contributed by atoms with van der Waals surface area (Å²) in [6.07, 6.45) is -1.71. The molecule has 0 aromatic rings. The number of ether oxygens (including phenoxy) is 2. The first-order valence-electron chi connectivity index (χ1n) is 8.01. The molecule has 6 nitrogen and oxygen atoms in total. The third-order valence-electron chi connectivity index (χ3n) is 4.89. The minimum Gasteiger partial charge on any atom is -0.394 e. The van der Waals surface area contributed by atoms with E-state index in [9.17, 15) is 15.3 Å². The molecule has 1 saturated carbocycles. The van der Waals surface area contributed by atoms with Crippen LogP contribution in [-0.4, -0.2) is 64.3 Å². The second kappa shape index (κ2) is 7.86. The van der Waals surface area contributed by atoms with Crippen molar-refractivity contribution in [3.8, 4) is 0 Å². The van der Waals surface area contributed by atoms with Crippen molar-refractivity contribution in [1.29, 1.82) is 0 Å². The van der Waals surface area contributed by atoms with E-state index < -0.39 is 37.3 Å². The summed E-state index contributed by atoms with van der Waals surface area (Å²) in [5, 5.41) is 38.5. The Morgan fingerprint density at radius 1 is 1.09 bits per heavy atom. The Bertz CT molecular complexity index is 364. The van der Waals surface area contributed by atoms with Gasteiger partial charge < -0.3 is 29.9 Å². The molecule has 0 amide bonds. The molecule has 6 heteroatoms. The lowest BCUT2D eigenvalue weighted by Gasteiger charge is -2.40. The molecule has 0 aromatic heterocycles. The summed E-state index contributed by atoms with van der Waals surface area (Å²) in [6, 6.07) is 0. The number of hydrogen-bond acceptors (Lipinski definition) is 6. The Morgan fingerprint density at radius 2 is 1.73 bits per heavy atom. The zero-order valence-corrected chi connectivity index (χ0v) is 13.1. The van der Waals surface area contributed by atoms with Gasteiger partial charge in [0, 0.05) is 0 Å². The van der Waals surface area contributed by atoms with Crippen molar-refractivity contribution in [1.82, 2.24) is 0 Å². The van der Waals surface area contributed by atoms with E-state index in [2.05, 4.69) is 13.5 Å². The van der Waals surface area contributed by atoms with Gasteiger partial charge in [0.2, 0.25) is 0 Å². The third-order valence-corrected chi connectivity index (χ3v) is 4.89. The molecule has 2 fully saturated rings.